The van der Waals surface area contributed by atoms with E-state index < -0.39 is 5.41 Å². The van der Waals surface area contributed by atoms with E-state index in [4.69, 9.17) is 10.5 Å². The molecule has 0 atom stereocenters. The molecule has 0 saturated carbocycles. The number of anilines is 1. The minimum atomic E-state index is -0.517. The average Bonchev–Trinajstić information content (AvgIpc) is 2.55. The van der Waals surface area contributed by atoms with Gasteiger partial charge in [0.05, 0.1) is 18.9 Å². The van der Waals surface area contributed by atoms with Crippen LogP contribution >= 0.6 is 0 Å². The average molecular weight is 195 g/mol. The summed E-state index contributed by atoms with van der Waals surface area (Å²) in [7, 11) is 0. The Morgan fingerprint density at radius 3 is 2.93 bits per heavy atom. The molecule has 1 aliphatic rings. The van der Waals surface area contributed by atoms with Crippen molar-refractivity contribution in [3.63, 3.8) is 0 Å². The van der Waals surface area contributed by atoms with Gasteiger partial charge >= 0.3 is 0 Å². The Balaban J connectivity index is 2.01. The smallest absolute Gasteiger partial charge is 0.236 e. The second kappa shape index (κ2) is 3.43. The molecule has 1 saturated heterocycles. The van der Waals surface area contributed by atoms with E-state index in [1.165, 1.54) is 0 Å². The zero-order valence-corrected chi connectivity index (χ0v) is 7.75. The molecule has 0 radical (unpaired) electrons. The summed E-state index contributed by atoms with van der Waals surface area (Å²) in [5.74, 6) is -0.0640. The Kier molecular flexibility index (Phi) is 2.26. The van der Waals surface area contributed by atoms with E-state index in [-0.39, 0.29) is 5.91 Å². The standard InChI is InChI=1S/C9H13N3O2/c10-4-9(5-14-6-9)8(13)12-7-1-2-11-3-7/h1-3,11H,4-6,10H2,(H,12,13). The fraction of sp³-hybridized carbons (Fsp3) is 0.444. The van der Waals surface area contributed by atoms with E-state index in [1.807, 2.05) is 0 Å². The molecule has 0 spiro atoms. The maximum absolute atomic E-state index is 11.8. The van der Waals surface area contributed by atoms with Crippen LogP contribution in [-0.4, -0.2) is 30.6 Å². The van der Waals surface area contributed by atoms with Gasteiger partial charge < -0.3 is 20.8 Å². The second-order valence-corrected chi connectivity index (χ2v) is 3.53. The highest BCUT2D eigenvalue weighted by molar-refractivity contribution is 5.96. The number of aromatic nitrogens is 1. The van der Waals surface area contributed by atoms with Crippen molar-refractivity contribution in [3.8, 4) is 0 Å². The van der Waals surface area contributed by atoms with Gasteiger partial charge in [-0.15, -0.1) is 0 Å². The van der Waals surface area contributed by atoms with Crippen LogP contribution in [0.4, 0.5) is 5.69 Å². The fourth-order valence-corrected chi connectivity index (χ4v) is 1.36. The molecule has 2 rings (SSSR count). The van der Waals surface area contributed by atoms with Crippen molar-refractivity contribution in [1.82, 2.24) is 4.98 Å². The minimum Gasteiger partial charge on any atom is -0.379 e. The van der Waals surface area contributed by atoms with Crippen LogP contribution in [0.15, 0.2) is 18.5 Å². The molecule has 0 unspecified atom stereocenters. The van der Waals surface area contributed by atoms with Crippen LogP contribution in [0.5, 0.6) is 0 Å². The van der Waals surface area contributed by atoms with Gasteiger partial charge in [0.1, 0.15) is 5.41 Å². The number of nitrogens with two attached hydrogens (primary N) is 1. The summed E-state index contributed by atoms with van der Waals surface area (Å²) in [5.41, 5.74) is 5.79. The number of ether oxygens (including phenoxy) is 1. The molecule has 5 heteroatoms. The molecule has 2 heterocycles. The van der Waals surface area contributed by atoms with Crippen molar-refractivity contribution in [2.45, 2.75) is 0 Å². The number of amides is 1. The fourth-order valence-electron chi connectivity index (χ4n) is 1.36. The summed E-state index contributed by atoms with van der Waals surface area (Å²) >= 11 is 0. The second-order valence-electron chi connectivity index (χ2n) is 3.53. The SMILES string of the molecule is NCC1(C(=O)Nc2cc[nH]c2)COC1. The lowest BCUT2D eigenvalue weighted by molar-refractivity contribution is -0.153. The van der Waals surface area contributed by atoms with Crippen LogP contribution in [0, 0.1) is 5.41 Å². The molecule has 4 N–H and O–H groups in total. The number of hydrogen-bond donors (Lipinski definition) is 3. The van der Waals surface area contributed by atoms with Crippen molar-refractivity contribution < 1.29 is 9.53 Å². The monoisotopic (exact) mass is 195 g/mol. The Bertz CT molecular complexity index is 311. The first-order valence-corrected chi connectivity index (χ1v) is 4.49. The number of carbonyl (C=O) groups excluding carboxylic acids is 1. The van der Waals surface area contributed by atoms with Crippen molar-refractivity contribution in [3.05, 3.63) is 18.5 Å². The van der Waals surface area contributed by atoms with E-state index in [2.05, 4.69) is 10.3 Å². The third-order valence-corrected chi connectivity index (χ3v) is 2.48. The summed E-state index contributed by atoms with van der Waals surface area (Å²) in [6, 6.07) is 1.79. The molecule has 0 aliphatic carbocycles. The Labute approximate surface area is 81.6 Å². The number of aromatic amines is 1. The lowest BCUT2D eigenvalue weighted by Crippen LogP contribution is -2.56. The number of nitrogens with one attached hydrogen (secondary N) is 2. The van der Waals surface area contributed by atoms with Crippen molar-refractivity contribution in [1.29, 1.82) is 0 Å². The van der Waals surface area contributed by atoms with Crippen LogP contribution in [-0.2, 0) is 9.53 Å². The van der Waals surface area contributed by atoms with Crippen LogP contribution in [0.25, 0.3) is 0 Å². The van der Waals surface area contributed by atoms with E-state index >= 15 is 0 Å². The minimum absolute atomic E-state index is 0.0640. The number of rotatable bonds is 3. The summed E-state index contributed by atoms with van der Waals surface area (Å²) < 4.78 is 5.02. The Morgan fingerprint density at radius 2 is 2.50 bits per heavy atom. The van der Waals surface area contributed by atoms with Gasteiger partial charge in [-0.25, -0.2) is 0 Å². The van der Waals surface area contributed by atoms with Gasteiger partial charge in [0, 0.05) is 18.9 Å². The molecule has 5 nitrogen and oxygen atoms in total. The van der Waals surface area contributed by atoms with E-state index in [0.29, 0.717) is 19.8 Å². The zero-order valence-electron chi connectivity index (χ0n) is 7.75. The molecule has 0 aromatic carbocycles. The third kappa shape index (κ3) is 1.40. The maximum atomic E-state index is 11.8. The van der Waals surface area contributed by atoms with Gasteiger partial charge in [-0.05, 0) is 6.07 Å². The molecule has 1 aliphatic heterocycles. The van der Waals surface area contributed by atoms with Crippen molar-refractivity contribution in [2.75, 3.05) is 25.1 Å². The quantitative estimate of drug-likeness (QED) is 0.631. The highest BCUT2D eigenvalue weighted by Gasteiger charge is 2.44. The zero-order chi connectivity index (χ0) is 10.0. The molecule has 76 valence electrons. The van der Waals surface area contributed by atoms with Crippen LogP contribution < -0.4 is 11.1 Å². The van der Waals surface area contributed by atoms with E-state index in [0.717, 1.165) is 5.69 Å². The Morgan fingerprint density at radius 1 is 1.71 bits per heavy atom. The highest BCUT2D eigenvalue weighted by atomic mass is 16.5. The van der Waals surface area contributed by atoms with Gasteiger partial charge in [0.15, 0.2) is 0 Å². The predicted octanol–water partition coefficient (Wildman–Crippen LogP) is -0.0715. The summed E-state index contributed by atoms with van der Waals surface area (Å²) in [6.45, 7) is 1.16. The lowest BCUT2D eigenvalue weighted by atomic mass is 9.85. The third-order valence-electron chi connectivity index (χ3n) is 2.48. The molecule has 14 heavy (non-hydrogen) atoms. The molecule has 0 bridgehead atoms. The Hall–Kier alpha value is -1.33. The molecular formula is C9H13N3O2. The van der Waals surface area contributed by atoms with Crippen LogP contribution in [0.2, 0.25) is 0 Å². The van der Waals surface area contributed by atoms with Gasteiger partial charge in [0.2, 0.25) is 5.91 Å². The summed E-state index contributed by atoms with van der Waals surface area (Å²) in [5, 5.41) is 2.79. The number of H-pyrrole nitrogens is 1. The molecule has 1 amide bonds. The van der Waals surface area contributed by atoms with Crippen molar-refractivity contribution in [2.24, 2.45) is 11.1 Å². The molecule has 1 aromatic rings. The largest absolute Gasteiger partial charge is 0.379 e. The van der Waals surface area contributed by atoms with Gasteiger partial charge in [-0.3, -0.25) is 4.79 Å². The molecular weight excluding hydrogens is 182 g/mol. The van der Waals surface area contributed by atoms with Crippen LogP contribution in [0.3, 0.4) is 0 Å². The number of hydrogen-bond acceptors (Lipinski definition) is 3. The number of carbonyl (C=O) groups is 1. The van der Waals surface area contributed by atoms with E-state index in [1.54, 1.807) is 18.5 Å². The van der Waals surface area contributed by atoms with Crippen LogP contribution in [0.1, 0.15) is 0 Å². The highest BCUT2D eigenvalue weighted by Crippen LogP contribution is 2.27. The molecule has 1 fully saturated rings. The van der Waals surface area contributed by atoms with Gasteiger partial charge in [0.25, 0.3) is 0 Å². The van der Waals surface area contributed by atoms with Gasteiger partial charge in [-0.2, -0.15) is 0 Å². The predicted molar refractivity (Wildman–Crippen MR) is 51.7 cm³/mol. The summed E-state index contributed by atoms with van der Waals surface area (Å²) in [4.78, 5) is 14.6. The maximum Gasteiger partial charge on any atom is 0.236 e. The van der Waals surface area contributed by atoms with E-state index in [9.17, 15) is 4.79 Å². The first-order chi connectivity index (χ1) is 6.77. The van der Waals surface area contributed by atoms with Crippen molar-refractivity contribution >= 4 is 11.6 Å². The normalized spacial score (nSPS) is 18.6. The molecule has 1 aromatic heterocycles. The first-order valence-electron chi connectivity index (χ1n) is 4.49. The summed E-state index contributed by atoms with van der Waals surface area (Å²) in [6.07, 6.45) is 3.48. The van der Waals surface area contributed by atoms with Gasteiger partial charge in [-0.1, -0.05) is 0 Å². The first kappa shape index (κ1) is 9.23. The topological polar surface area (TPSA) is 80.1 Å². The lowest BCUT2D eigenvalue weighted by Gasteiger charge is -2.38.